The molecule has 12 nitrogen and oxygen atoms in total. The van der Waals surface area contributed by atoms with Crippen molar-refractivity contribution in [2.45, 2.75) is 0 Å². The number of hydrazine groups is 1. The van der Waals surface area contributed by atoms with Gasteiger partial charge in [-0.3, -0.25) is 39.4 Å². The summed E-state index contributed by atoms with van der Waals surface area (Å²) in [5.74, 6) is -4.33. The quantitative estimate of drug-likeness (QED) is 0.0826. The Hall–Kier alpha value is -4.10. The van der Waals surface area contributed by atoms with Crippen LogP contribution in [0.4, 0.5) is 11.4 Å². The van der Waals surface area contributed by atoms with Gasteiger partial charge < -0.3 is 0 Å². The number of non-ortho nitro benzene ring substituents is 2. The van der Waals surface area contributed by atoms with E-state index in [1.165, 1.54) is 12.1 Å². The van der Waals surface area contributed by atoms with E-state index in [1.807, 2.05) is 0 Å². The topological polar surface area (TPSA) is 161 Å². The molecule has 0 saturated carbocycles. The number of hydrogen-bond donors (Lipinski definition) is 0. The number of ketones is 1. The molecule has 198 valence electrons. The summed E-state index contributed by atoms with van der Waals surface area (Å²) < 4.78 is 0. The molecule has 3 aromatic carbocycles. The third-order valence-electron chi connectivity index (χ3n) is 5.55. The summed E-state index contributed by atoms with van der Waals surface area (Å²) in [6.07, 6.45) is 0. The third kappa shape index (κ3) is 4.90. The van der Waals surface area contributed by atoms with Crippen LogP contribution in [-0.4, -0.2) is 49.9 Å². The SMILES string of the molecule is O=C(CN(C(=O)c1cccc([N+](=O)[O-])c1)N1C(=O)c2c(Cl)c(Cl)c(Cl)c(Cl)c2C1=O)c1ccc([N+](=O)[O-])cc1. The molecule has 0 saturated heterocycles. The highest BCUT2D eigenvalue weighted by Crippen LogP contribution is 2.45. The molecule has 4 rings (SSSR count). The molecule has 0 radical (unpaired) electrons. The van der Waals surface area contributed by atoms with Crippen molar-refractivity contribution in [2.24, 2.45) is 0 Å². The molecular formula is C23H10Cl4N4O8. The van der Waals surface area contributed by atoms with E-state index in [-0.39, 0.29) is 26.9 Å². The minimum Gasteiger partial charge on any atom is -0.292 e. The Morgan fingerprint density at radius 3 is 1.74 bits per heavy atom. The van der Waals surface area contributed by atoms with E-state index in [0.29, 0.717) is 10.0 Å². The van der Waals surface area contributed by atoms with Crippen LogP contribution in [0.3, 0.4) is 0 Å². The number of benzene rings is 3. The molecule has 3 amide bonds. The molecule has 39 heavy (non-hydrogen) atoms. The Morgan fingerprint density at radius 2 is 1.26 bits per heavy atom. The molecule has 0 fully saturated rings. The van der Waals surface area contributed by atoms with Crippen molar-refractivity contribution in [3.05, 3.63) is 111 Å². The standard InChI is InChI=1S/C23H10Cl4N4O8/c24-17-15-16(18(25)20(27)19(17)26)23(35)29(22(15)34)28(21(33)11-2-1-3-13(8-11)31(38)39)9-14(32)10-4-6-12(7-5-10)30(36)37/h1-8H,9H2. The second kappa shape index (κ2) is 10.6. The molecule has 1 heterocycles. The predicted octanol–water partition coefficient (Wildman–Crippen LogP) is 5.65. The van der Waals surface area contributed by atoms with Gasteiger partial charge in [-0.05, 0) is 18.2 Å². The van der Waals surface area contributed by atoms with E-state index >= 15 is 0 Å². The Kier molecular flexibility index (Phi) is 7.57. The molecular weight excluding hydrogens is 602 g/mol. The molecule has 1 aliphatic rings. The molecule has 0 aliphatic carbocycles. The van der Waals surface area contributed by atoms with Crippen molar-refractivity contribution in [1.29, 1.82) is 0 Å². The highest BCUT2D eigenvalue weighted by Gasteiger charge is 2.46. The first-order chi connectivity index (χ1) is 18.3. The van der Waals surface area contributed by atoms with Crippen molar-refractivity contribution in [3.63, 3.8) is 0 Å². The maximum Gasteiger partial charge on any atom is 0.282 e. The van der Waals surface area contributed by atoms with Crippen molar-refractivity contribution < 1.29 is 29.0 Å². The molecule has 1 aliphatic heterocycles. The predicted molar refractivity (Wildman–Crippen MR) is 139 cm³/mol. The smallest absolute Gasteiger partial charge is 0.282 e. The number of rotatable bonds is 7. The summed E-state index contributed by atoms with van der Waals surface area (Å²) >= 11 is 24.4. The van der Waals surface area contributed by atoms with Gasteiger partial charge in [0.1, 0.15) is 6.54 Å². The van der Waals surface area contributed by atoms with Gasteiger partial charge in [0.05, 0.1) is 41.1 Å². The van der Waals surface area contributed by atoms with Crippen LogP contribution in [0.15, 0.2) is 48.5 Å². The lowest BCUT2D eigenvalue weighted by molar-refractivity contribution is -0.385. The number of amides is 3. The monoisotopic (exact) mass is 610 g/mol. The molecule has 0 spiro atoms. The average Bonchev–Trinajstić information content (AvgIpc) is 3.18. The van der Waals surface area contributed by atoms with Gasteiger partial charge in [0.15, 0.2) is 5.78 Å². The Labute approximate surface area is 237 Å². The second-order valence-corrected chi connectivity index (χ2v) is 9.34. The van der Waals surface area contributed by atoms with Crippen molar-refractivity contribution in [3.8, 4) is 0 Å². The molecule has 3 aromatic rings. The molecule has 0 N–H and O–H groups in total. The van der Waals surface area contributed by atoms with E-state index in [0.717, 1.165) is 36.4 Å². The van der Waals surface area contributed by atoms with Crippen LogP contribution < -0.4 is 0 Å². The van der Waals surface area contributed by atoms with Gasteiger partial charge in [0, 0.05) is 35.4 Å². The zero-order chi connectivity index (χ0) is 28.8. The number of Topliss-reactive ketones (excluding diaryl/α,β-unsaturated/α-hetero) is 1. The van der Waals surface area contributed by atoms with Crippen LogP contribution in [0.1, 0.15) is 41.4 Å². The summed E-state index contributed by atoms with van der Waals surface area (Å²) in [7, 11) is 0. The van der Waals surface area contributed by atoms with Gasteiger partial charge in [0.25, 0.3) is 29.1 Å². The fraction of sp³-hybridized carbons (Fsp3) is 0.0435. The van der Waals surface area contributed by atoms with Crippen LogP contribution in [0.5, 0.6) is 0 Å². The highest BCUT2D eigenvalue weighted by molar-refractivity contribution is 6.55. The van der Waals surface area contributed by atoms with Crippen molar-refractivity contribution in [2.75, 3.05) is 6.54 Å². The third-order valence-corrected chi connectivity index (χ3v) is 7.35. The largest absolute Gasteiger partial charge is 0.292 e. The molecule has 0 aromatic heterocycles. The molecule has 16 heteroatoms. The van der Waals surface area contributed by atoms with Crippen molar-refractivity contribution in [1.82, 2.24) is 10.0 Å². The van der Waals surface area contributed by atoms with Gasteiger partial charge in [-0.15, -0.1) is 0 Å². The van der Waals surface area contributed by atoms with Crippen LogP contribution in [0, 0.1) is 20.2 Å². The number of carbonyl (C=O) groups excluding carboxylic acids is 4. The van der Waals surface area contributed by atoms with E-state index < -0.39 is 66.8 Å². The summed E-state index contributed by atoms with van der Waals surface area (Å²) in [6, 6.07) is 8.68. The van der Waals surface area contributed by atoms with Crippen LogP contribution in [-0.2, 0) is 0 Å². The summed E-state index contributed by atoms with van der Waals surface area (Å²) in [5.41, 5.74) is -2.17. The lowest BCUT2D eigenvalue weighted by Gasteiger charge is -2.29. The Balaban J connectivity index is 1.82. The zero-order valence-electron chi connectivity index (χ0n) is 18.9. The summed E-state index contributed by atoms with van der Waals surface area (Å²) in [6.45, 7) is -0.943. The second-order valence-electron chi connectivity index (χ2n) is 7.83. The lowest BCUT2D eigenvalue weighted by Crippen LogP contribution is -2.51. The Morgan fingerprint density at radius 1 is 0.744 bits per heavy atom. The molecule has 0 atom stereocenters. The number of nitro groups is 2. The number of imide groups is 1. The van der Waals surface area contributed by atoms with Gasteiger partial charge in [-0.2, -0.15) is 5.01 Å². The van der Waals surface area contributed by atoms with E-state index in [2.05, 4.69) is 0 Å². The van der Waals surface area contributed by atoms with Crippen molar-refractivity contribution >= 4 is 81.3 Å². The van der Waals surface area contributed by atoms with Gasteiger partial charge in [0.2, 0.25) is 0 Å². The number of hydrogen-bond acceptors (Lipinski definition) is 8. The molecule has 0 bridgehead atoms. The maximum atomic E-state index is 13.6. The van der Waals surface area contributed by atoms with Gasteiger partial charge in [-0.1, -0.05) is 52.5 Å². The van der Waals surface area contributed by atoms with Gasteiger partial charge in [-0.25, -0.2) is 5.01 Å². The van der Waals surface area contributed by atoms with E-state index in [1.54, 1.807) is 0 Å². The van der Waals surface area contributed by atoms with Crippen LogP contribution in [0.25, 0.3) is 0 Å². The van der Waals surface area contributed by atoms with E-state index in [9.17, 15) is 39.4 Å². The number of nitro benzene ring substituents is 2. The number of halogens is 4. The fourth-order valence-electron chi connectivity index (χ4n) is 3.69. The average molecular weight is 612 g/mol. The first kappa shape index (κ1) is 27.9. The fourth-order valence-corrected chi connectivity index (χ4v) is 4.70. The highest BCUT2D eigenvalue weighted by atomic mass is 35.5. The van der Waals surface area contributed by atoms with Crippen LogP contribution in [0.2, 0.25) is 20.1 Å². The normalized spacial score (nSPS) is 12.4. The summed E-state index contributed by atoms with van der Waals surface area (Å²) in [5, 5.41) is 21.4. The Bertz CT molecular complexity index is 1580. The first-order valence-electron chi connectivity index (χ1n) is 10.4. The first-order valence-corrected chi connectivity index (χ1v) is 11.9. The summed E-state index contributed by atoms with van der Waals surface area (Å²) in [4.78, 5) is 74.2. The maximum absolute atomic E-state index is 13.6. The van der Waals surface area contributed by atoms with Crippen LogP contribution >= 0.6 is 46.4 Å². The lowest BCUT2D eigenvalue weighted by atomic mass is 10.1. The minimum atomic E-state index is -1.17. The zero-order valence-corrected chi connectivity index (χ0v) is 21.9. The number of fused-ring (bicyclic) bond motifs is 1. The number of carbonyl (C=O) groups is 4. The minimum absolute atomic E-state index is 0.101. The van der Waals surface area contributed by atoms with E-state index in [4.69, 9.17) is 46.4 Å². The van der Waals surface area contributed by atoms with Gasteiger partial charge >= 0.3 is 0 Å². The number of nitrogens with zero attached hydrogens (tertiary/aromatic N) is 4. The molecule has 0 unspecified atom stereocenters.